The summed E-state index contributed by atoms with van der Waals surface area (Å²) in [5.74, 6) is 0.184. The van der Waals surface area contributed by atoms with Gasteiger partial charge in [-0.15, -0.1) is 0 Å². The minimum Gasteiger partial charge on any atom is -0.352 e. The van der Waals surface area contributed by atoms with E-state index in [-0.39, 0.29) is 5.91 Å². The molecule has 0 radical (unpaired) electrons. The molecule has 0 aromatic carbocycles. The van der Waals surface area contributed by atoms with E-state index in [1.165, 1.54) is 19.3 Å². The van der Waals surface area contributed by atoms with E-state index >= 15 is 0 Å². The Morgan fingerprint density at radius 3 is 2.61 bits per heavy atom. The number of amides is 1. The molecule has 106 valence electrons. The molecular formula is C14H29N3O. The van der Waals surface area contributed by atoms with Crippen molar-refractivity contribution in [3.8, 4) is 0 Å². The third-order valence-electron chi connectivity index (χ3n) is 3.63. The summed E-state index contributed by atoms with van der Waals surface area (Å²) in [5.41, 5.74) is 5.45. The van der Waals surface area contributed by atoms with Gasteiger partial charge >= 0.3 is 0 Å². The SMILES string of the molecule is CN(CCCCCN)CC(=O)NC1CCCCC1. The van der Waals surface area contributed by atoms with Crippen LogP contribution in [0.25, 0.3) is 0 Å². The van der Waals surface area contributed by atoms with Crippen molar-refractivity contribution < 1.29 is 4.79 Å². The van der Waals surface area contributed by atoms with Crippen molar-refractivity contribution in [1.82, 2.24) is 10.2 Å². The van der Waals surface area contributed by atoms with Crippen LogP contribution >= 0.6 is 0 Å². The van der Waals surface area contributed by atoms with E-state index in [0.717, 1.165) is 45.2 Å². The van der Waals surface area contributed by atoms with Gasteiger partial charge in [-0.25, -0.2) is 0 Å². The summed E-state index contributed by atoms with van der Waals surface area (Å²) in [6, 6.07) is 0.428. The van der Waals surface area contributed by atoms with Gasteiger partial charge in [0.05, 0.1) is 6.54 Å². The standard InChI is InChI=1S/C14H29N3O/c1-17(11-7-3-6-10-15)12-14(18)16-13-8-4-2-5-9-13/h13H,2-12,15H2,1H3,(H,16,18). The number of carbonyl (C=O) groups excluding carboxylic acids is 1. The highest BCUT2D eigenvalue weighted by Gasteiger charge is 2.16. The van der Waals surface area contributed by atoms with Gasteiger partial charge < -0.3 is 11.1 Å². The van der Waals surface area contributed by atoms with Crippen molar-refractivity contribution in [2.75, 3.05) is 26.7 Å². The first-order valence-electron chi connectivity index (χ1n) is 7.40. The number of nitrogens with two attached hydrogens (primary N) is 1. The highest BCUT2D eigenvalue weighted by molar-refractivity contribution is 5.78. The van der Waals surface area contributed by atoms with Crippen molar-refractivity contribution in [2.24, 2.45) is 5.73 Å². The van der Waals surface area contributed by atoms with Crippen LogP contribution in [-0.2, 0) is 4.79 Å². The molecule has 1 saturated carbocycles. The van der Waals surface area contributed by atoms with Crippen LogP contribution in [0.1, 0.15) is 51.4 Å². The average molecular weight is 255 g/mol. The average Bonchev–Trinajstić information content (AvgIpc) is 2.35. The minimum atomic E-state index is 0.184. The molecule has 0 aliphatic heterocycles. The van der Waals surface area contributed by atoms with E-state index in [4.69, 9.17) is 5.73 Å². The first-order valence-corrected chi connectivity index (χ1v) is 7.40. The van der Waals surface area contributed by atoms with Crippen LogP contribution in [0.5, 0.6) is 0 Å². The molecule has 4 nitrogen and oxygen atoms in total. The van der Waals surface area contributed by atoms with Gasteiger partial charge in [0.25, 0.3) is 0 Å². The molecule has 4 heteroatoms. The summed E-state index contributed by atoms with van der Waals surface area (Å²) in [6.45, 7) is 2.28. The molecule has 1 rings (SSSR count). The number of rotatable bonds is 8. The summed E-state index contributed by atoms with van der Waals surface area (Å²) >= 11 is 0. The van der Waals surface area contributed by atoms with Gasteiger partial charge in [-0.2, -0.15) is 0 Å². The molecule has 18 heavy (non-hydrogen) atoms. The van der Waals surface area contributed by atoms with Gasteiger partial charge in [0.1, 0.15) is 0 Å². The molecule has 0 bridgehead atoms. The number of unbranched alkanes of at least 4 members (excludes halogenated alkanes) is 2. The molecular weight excluding hydrogens is 226 g/mol. The lowest BCUT2D eigenvalue weighted by Crippen LogP contribution is -2.42. The van der Waals surface area contributed by atoms with Gasteiger partial charge in [0.15, 0.2) is 0 Å². The molecule has 0 unspecified atom stereocenters. The summed E-state index contributed by atoms with van der Waals surface area (Å²) in [6.07, 6.45) is 9.54. The number of hydrogen-bond acceptors (Lipinski definition) is 3. The number of nitrogens with zero attached hydrogens (tertiary/aromatic N) is 1. The monoisotopic (exact) mass is 255 g/mol. The van der Waals surface area contributed by atoms with E-state index in [2.05, 4.69) is 10.2 Å². The first-order chi connectivity index (χ1) is 8.72. The first kappa shape index (κ1) is 15.4. The fraction of sp³-hybridized carbons (Fsp3) is 0.929. The second-order valence-electron chi connectivity index (χ2n) is 5.49. The minimum absolute atomic E-state index is 0.184. The Labute approximate surface area is 111 Å². The highest BCUT2D eigenvalue weighted by atomic mass is 16.2. The molecule has 1 aliphatic carbocycles. The van der Waals surface area contributed by atoms with E-state index < -0.39 is 0 Å². The summed E-state index contributed by atoms with van der Waals surface area (Å²) < 4.78 is 0. The van der Waals surface area contributed by atoms with Gasteiger partial charge in [0.2, 0.25) is 5.91 Å². The summed E-state index contributed by atoms with van der Waals surface area (Å²) in [7, 11) is 2.02. The Hall–Kier alpha value is -0.610. The fourth-order valence-electron chi connectivity index (χ4n) is 2.55. The predicted molar refractivity (Wildman–Crippen MR) is 75.4 cm³/mol. The quantitative estimate of drug-likeness (QED) is 0.646. The molecule has 0 aromatic heterocycles. The zero-order valence-electron chi connectivity index (χ0n) is 11.8. The molecule has 1 aliphatic rings. The predicted octanol–water partition coefficient (Wildman–Crippen LogP) is 1.50. The Morgan fingerprint density at radius 2 is 1.94 bits per heavy atom. The van der Waals surface area contributed by atoms with Crippen LogP contribution in [0, 0.1) is 0 Å². The van der Waals surface area contributed by atoms with Gasteiger partial charge in [-0.3, -0.25) is 9.69 Å². The molecule has 3 N–H and O–H groups in total. The van der Waals surface area contributed by atoms with Crippen LogP contribution < -0.4 is 11.1 Å². The van der Waals surface area contributed by atoms with Gasteiger partial charge in [-0.05, 0) is 45.8 Å². The molecule has 0 spiro atoms. The van der Waals surface area contributed by atoms with E-state index in [1.807, 2.05) is 7.05 Å². The second-order valence-corrected chi connectivity index (χ2v) is 5.49. The van der Waals surface area contributed by atoms with Crippen LogP contribution in [0.2, 0.25) is 0 Å². The van der Waals surface area contributed by atoms with Crippen LogP contribution in [0.15, 0.2) is 0 Å². The topological polar surface area (TPSA) is 58.4 Å². The van der Waals surface area contributed by atoms with Crippen molar-refractivity contribution in [2.45, 2.75) is 57.4 Å². The second kappa shape index (κ2) is 9.34. The van der Waals surface area contributed by atoms with Crippen LogP contribution in [0.3, 0.4) is 0 Å². The maximum Gasteiger partial charge on any atom is 0.234 e. The molecule has 0 heterocycles. The zero-order valence-corrected chi connectivity index (χ0v) is 11.8. The van der Waals surface area contributed by atoms with Crippen LogP contribution in [0.4, 0.5) is 0 Å². The third kappa shape index (κ3) is 6.97. The van der Waals surface area contributed by atoms with Crippen LogP contribution in [-0.4, -0.2) is 43.5 Å². The molecule has 0 aromatic rings. The normalized spacial score (nSPS) is 17.1. The maximum atomic E-state index is 11.8. The molecule has 0 atom stereocenters. The number of carbonyl (C=O) groups is 1. The molecule has 1 fully saturated rings. The van der Waals surface area contributed by atoms with E-state index in [0.29, 0.717) is 12.6 Å². The van der Waals surface area contributed by atoms with Crippen molar-refractivity contribution in [3.05, 3.63) is 0 Å². The van der Waals surface area contributed by atoms with E-state index in [9.17, 15) is 4.79 Å². The van der Waals surface area contributed by atoms with Crippen molar-refractivity contribution in [3.63, 3.8) is 0 Å². The third-order valence-corrected chi connectivity index (χ3v) is 3.63. The summed E-state index contributed by atoms with van der Waals surface area (Å²) in [4.78, 5) is 13.9. The summed E-state index contributed by atoms with van der Waals surface area (Å²) in [5, 5.41) is 3.15. The lowest BCUT2D eigenvalue weighted by Gasteiger charge is -2.24. The zero-order chi connectivity index (χ0) is 13.2. The van der Waals surface area contributed by atoms with E-state index in [1.54, 1.807) is 0 Å². The van der Waals surface area contributed by atoms with Gasteiger partial charge in [-0.1, -0.05) is 25.7 Å². The molecule has 1 amide bonds. The Bertz CT molecular complexity index is 227. The Kier molecular flexibility index (Phi) is 8.01. The number of nitrogens with one attached hydrogen (secondary N) is 1. The number of likely N-dealkylation sites (N-methyl/N-ethyl adjacent to an activating group) is 1. The maximum absolute atomic E-state index is 11.8. The Morgan fingerprint density at radius 1 is 1.22 bits per heavy atom. The lowest BCUT2D eigenvalue weighted by atomic mass is 9.95. The lowest BCUT2D eigenvalue weighted by molar-refractivity contribution is -0.122. The fourth-order valence-corrected chi connectivity index (χ4v) is 2.55. The Balaban J connectivity index is 2.06. The number of hydrogen-bond donors (Lipinski definition) is 2. The van der Waals surface area contributed by atoms with Crippen molar-refractivity contribution in [1.29, 1.82) is 0 Å². The van der Waals surface area contributed by atoms with Crippen molar-refractivity contribution >= 4 is 5.91 Å². The largest absolute Gasteiger partial charge is 0.352 e. The highest BCUT2D eigenvalue weighted by Crippen LogP contribution is 2.17. The smallest absolute Gasteiger partial charge is 0.234 e. The van der Waals surface area contributed by atoms with Gasteiger partial charge in [0, 0.05) is 6.04 Å². The molecule has 0 saturated heterocycles.